The molecule has 0 bridgehead atoms. The van der Waals surface area contributed by atoms with Crippen LogP contribution in [0.25, 0.3) is 0 Å². The molecule has 0 aromatic heterocycles. The molecule has 2 rings (SSSR count). The van der Waals surface area contributed by atoms with Crippen LogP contribution in [0, 0.1) is 0 Å². The Hall–Kier alpha value is -0.860. The van der Waals surface area contributed by atoms with Crippen molar-refractivity contribution < 1.29 is 4.74 Å². The number of nitrogens with one attached hydrogen (secondary N) is 1. The Balaban J connectivity index is 2.12. The Kier molecular flexibility index (Phi) is 3.17. The molecule has 1 aromatic rings. The maximum Gasteiger partial charge on any atom is 0.0535 e. The zero-order valence-corrected chi connectivity index (χ0v) is 8.62. The molecule has 1 N–H and O–H groups in total. The highest BCUT2D eigenvalue weighted by molar-refractivity contribution is 5.27. The van der Waals surface area contributed by atoms with Gasteiger partial charge in [-0.25, -0.2) is 0 Å². The lowest BCUT2D eigenvalue weighted by Gasteiger charge is -2.09. The normalized spacial score (nSPS) is 21.4. The van der Waals surface area contributed by atoms with Crippen LogP contribution in [0.15, 0.2) is 24.3 Å². The summed E-state index contributed by atoms with van der Waals surface area (Å²) in [5, 5.41) is 3.17. The molecule has 1 saturated heterocycles. The van der Waals surface area contributed by atoms with Gasteiger partial charge in [-0.05, 0) is 24.6 Å². The zero-order valence-electron chi connectivity index (χ0n) is 8.62. The number of hydrogen-bond donors (Lipinski definition) is 1. The van der Waals surface area contributed by atoms with Crippen LogP contribution >= 0.6 is 0 Å². The highest BCUT2D eigenvalue weighted by atomic mass is 16.5. The Morgan fingerprint density at radius 3 is 3.14 bits per heavy atom. The summed E-state index contributed by atoms with van der Waals surface area (Å²) in [5.74, 6) is 0.617. The number of benzene rings is 1. The fraction of sp³-hybridized carbons (Fsp3) is 0.500. The van der Waals surface area contributed by atoms with Crippen LogP contribution in [0.2, 0.25) is 0 Å². The molecule has 14 heavy (non-hydrogen) atoms. The highest BCUT2D eigenvalue weighted by Crippen LogP contribution is 2.25. The van der Waals surface area contributed by atoms with E-state index < -0.39 is 0 Å². The van der Waals surface area contributed by atoms with E-state index in [1.165, 1.54) is 17.5 Å². The summed E-state index contributed by atoms with van der Waals surface area (Å²) in [6.07, 6.45) is 1.17. The van der Waals surface area contributed by atoms with E-state index in [0.29, 0.717) is 5.92 Å². The molecule has 1 heterocycles. The molecular weight excluding hydrogens is 174 g/mol. The molecule has 1 atom stereocenters. The van der Waals surface area contributed by atoms with Crippen LogP contribution < -0.4 is 5.32 Å². The largest absolute Gasteiger partial charge is 0.381 e. The first-order chi connectivity index (χ1) is 6.90. The summed E-state index contributed by atoms with van der Waals surface area (Å²) >= 11 is 0. The first kappa shape index (κ1) is 9.69. The SMILES string of the molecule is CNCc1cccc(C2CCOC2)c1. The van der Waals surface area contributed by atoms with Crippen molar-refractivity contribution in [2.45, 2.75) is 18.9 Å². The summed E-state index contributed by atoms with van der Waals surface area (Å²) in [4.78, 5) is 0. The molecular formula is C12H17NO. The van der Waals surface area contributed by atoms with Crippen molar-refractivity contribution in [2.24, 2.45) is 0 Å². The lowest BCUT2D eigenvalue weighted by molar-refractivity contribution is 0.194. The van der Waals surface area contributed by atoms with E-state index in [1.54, 1.807) is 0 Å². The second kappa shape index (κ2) is 4.58. The Morgan fingerprint density at radius 1 is 1.50 bits per heavy atom. The van der Waals surface area contributed by atoms with Gasteiger partial charge in [-0.15, -0.1) is 0 Å². The minimum Gasteiger partial charge on any atom is -0.381 e. The van der Waals surface area contributed by atoms with Gasteiger partial charge >= 0.3 is 0 Å². The molecule has 1 aliphatic rings. The number of hydrogen-bond acceptors (Lipinski definition) is 2. The summed E-state index contributed by atoms with van der Waals surface area (Å²) in [6, 6.07) is 8.80. The maximum atomic E-state index is 5.40. The summed E-state index contributed by atoms with van der Waals surface area (Å²) in [7, 11) is 1.98. The van der Waals surface area contributed by atoms with Gasteiger partial charge in [-0.1, -0.05) is 24.3 Å². The van der Waals surface area contributed by atoms with Crippen LogP contribution in [-0.2, 0) is 11.3 Å². The molecule has 1 aliphatic heterocycles. The van der Waals surface area contributed by atoms with Gasteiger partial charge in [0, 0.05) is 19.1 Å². The van der Waals surface area contributed by atoms with E-state index in [2.05, 4.69) is 29.6 Å². The van der Waals surface area contributed by atoms with Crippen molar-refractivity contribution in [2.75, 3.05) is 20.3 Å². The lowest BCUT2D eigenvalue weighted by Crippen LogP contribution is -2.06. The summed E-state index contributed by atoms with van der Waals surface area (Å²) in [5.41, 5.74) is 2.78. The zero-order chi connectivity index (χ0) is 9.80. The third-order valence-electron chi connectivity index (χ3n) is 2.73. The van der Waals surface area contributed by atoms with Gasteiger partial charge in [0.25, 0.3) is 0 Å². The molecule has 0 spiro atoms. The molecule has 1 fully saturated rings. The molecule has 2 nitrogen and oxygen atoms in total. The van der Waals surface area contributed by atoms with Gasteiger partial charge in [0.15, 0.2) is 0 Å². The average molecular weight is 191 g/mol. The molecule has 0 amide bonds. The van der Waals surface area contributed by atoms with E-state index in [0.717, 1.165) is 19.8 Å². The Morgan fingerprint density at radius 2 is 2.43 bits per heavy atom. The topological polar surface area (TPSA) is 21.3 Å². The molecule has 0 aliphatic carbocycles. The predicted molar refractivity (Wildman–Crippen MR) is 57.4 cm³/mol. The first-order valence-corrected chi connectivity index (χ1v) is 5.21. The Bertz CT molecular complexity index is 292. The van der Waals surface area contributed by atoms with Crippen molar-refractivity contribution in [3.8, 4) is 0 Å². The van der Waals surface area contributed by atoms with Gasteiger partial charge in [-0.3, -0.25) is 0 Å². The van der Waals surface area contributed by atoms with Crippen LogP contribution in [0.3, 0.4) is 0 Å². The third kappa shape index (κ3) is 2.14. The molecule has 2 heteroatoms. The fourth-order valence-corrected chi connectivity index (χ4v) is 1.96. The quantitative estimate of drug-likeness (QED) is 0.788. The van der Waals surface area contributed by atoms with E-state index in [9.17, 15) is 0 Å². The number of rotatable bonds is 3. The minimum atomic E-state index is 0.617. The van der Waals surface area contributed by atoms with Gasteiger partial charge in [0.2, 0.25) is 0 Å². The first-order valence-electron chi connectivity index (χ1n) is 5.21. The third-order valence-corrected chi connectivity index (χ3v) is 2.73. The lowest BCUT2D eigenvalue weighted by atomic mass is 9.97. The van der Waals surface area contributed by atoms with Crippen LogP contribution in [0.4, 0.5) is 0 Å². The maximum absolute atomic E-state index is 5.40. The number of ether oxygens (including phenoxy) is 1. The van der Waals surface area contributed by atoms with Gasteiger partial charge in [-0.2, -0.15) is 0 Å². The monoisotopic (exact) mass is 191 g/mol. The van der Waals surface area contributed by atoms with E-state index >= 15 is 0 Å². The highest BCUT2D eigenvalue weighted by Gasteiger charge is 2.17. The predicted octanol–water partition coefficient (Wildman–Crippen LogP) is 1.91. The van der Waals surface area contributed by atoms with Crippen LogP contribution in [0.5, 0.6) is 0 Å². The van der Waals surface area contributed by atoms with Gasteiger partial charge in [0.1, 0.15) is 0 Å². The van der Waals surface area contributed by atoms with Crippen LogP contribution in [0.1, 0.15) is 23.5 Å². The van der Waals surface area contributed by atoms with Crippen molar-refractivity contribution in [3.05, 3.63) is 35.4 Å². The van der Waals surface area contributed by atoms with Crippen molar-refractivity contribution in [1.82, 2.24) is 5.32 Å². The average Bonchev–Trinajstić information content (AvgIpc) is 2.71. The second-order valence-corrected chi connectivity index (χ2v) is 3.84. The summed E-state index contributed by atoms with van der Waals surface area (Å²) in [6.45, 7) is 2.76. The van der Waals surface area contributed by atoms with Crippen molar-refractivity contribution >= 4 is 0 Å². The molecule has 1 unspecified atom stereocenters. The standard InChI is InChI=1S/C12H17NO/c1-13-8-10-3-2-4-11(7-10)12-5-6-14-9-12/h2-4,7,12-13H,5-6,8-9H2,1H3. The molecule has 0 radical (unpaired) electrons. The second-order valence-electron chi connectivity index (χ2n) is 3.84. The smallest absolute Gasteiger partial charge is 0.0535 e. The van der Waals surface area contributed by atoms with E-state index in [-0.39, 0.29) is 0 Å². The van der Waals surface area contributed by atoms with Gasteiger partial charge in [0.05, 0.1) is 6.61 Å². The van der Waals surface area contributed by atoms with Crippen molar-refractivity contribution in [3.63, 3.8) is 0 Å². The molecule has 76 valence electrons. The van der Waals surface area contributed by atoms with E-state index in [1.807, 2.05) is 7.05 Å². The molecule has 1 aromatic carbocycles. The Labute approximate surface area is 85.3 Å². The molecule has 0 saturated carbocycles. The van der Waals surface area contributed by atoms with Gasteiger partial charge < -0.3 is 10.1 Å². The van der Waals surface area contributed by atoms with E-state index in [4.69, 9.17) is 4.74 Å². The summed E-state index contributed by atoms with van der Waals surface area (Å²) < 4.78 is 5.40. The fourth-order valence-electron chi connectivity index (χ4n) is 1.96. The minimum absolute atomic E-state index is 0.617. The van der Waals surface area contributed by atoms with Crippen molar-refractivity contribution in [1.29, 1.82) is 0 Å². The van der Waals surface area contributed by atoms with Crippen LogP contribution in [-0.4, -0.2) is 20.3 Å².